The summed E-state index contributed by atoms with van der Waals surface area (Å²) in [5.41, 5.74) is 2.53. The van der Waals surface area contributed by atoms with E-state index in [1.807, 2.05) is 20.0 Å². The van der Waals surface area contributed by atoms with E-state index < -0.39 is 23.4 Å². The van der Waals surface area contributed by atoms with Gasteiger partial charge in [0.15, 0.2) is 0 Å². The van der Waals surface area contributed by atoms with Crippen LogP contribution >= 0.6 is 0 Å². The number of nitrogens with zero attached hydrogens (tertiary/aromatic N) is 1. The van der Waals surface area contributed by atoms with Gasteiger partial charge in [-0.05, 0) is 49.7 Å². The van der Waals surface area contributed by atoms with Gasteiger partial charge in [0.2, 0.25) is 0 Å². The van der Waals surface area contributed by atoms with Gasteiger partial charge in [-0.15, -0.1) is 0 Å². The maximum absolute atomic E-state index is 12.9. The molecular formula is C23H19F3N2O3. The molecular weight excluding hydrogens is 409 g/mol. The van der Waals surface area contributed by atoms with Gasteiger partial charge < -0.3 is 14.8 Å². The predicted octanol–water partition coefficient (Wildman–Crippen LogP) is 4.88. The SMILES string of the molecule is CC1(C)OCc2c1cnc1ccc(C(=O)N[C@@H]3COc4cc(C(F)(F)F)ccc43)cc21. The Labute approximate surface area is 176 Å². The third-order valence-electron chi connectivity index (χ3n) is 5.89. The highest BCUT2D eigenvalue weighted by Gasteiger charge is 2.35. The van der Waals surface area contributed by atoms with Crippen LogP contribution in [0.25, 0.3) is 10.9 Å². The molecule has 8 heteroatoms. The number of pyridine rings is 1. The lowest BCUT2D eigenvalue weighted by molar-refractivity contribution is -0.137. The summed E-state index contributed by atoms with van der Waals surface area (Å²) in [5, 5.41) is 3.72. The summed E-state index contributed by atoms with van der Waals surface area (Å²) < 4.78 is 50.0. The fourth-order valence-electron chi connectivity index (χ4n) is 4.14. The van der Waals surface area contributed by atoms with Gasteiger partial charge in [-0.3, -0.25) is 9.78 Å². The number of hydrogen-bond acceptors (Lipinski definition) is 4. The summed E-state index contributed by atoms with van der Waals surface area (Å²) in [6.45, 7) is 4.47. The quantitative estimate of drug-likeness (QED) is 0.632. The molecule has 160 valence electrons. The molecule has 2 aliphatic rings. The van der Waals surface area contributed by atoms with Crippen LogP contribution in [-0.2, 0) is 23.1 Å². The van der Waals surface area contributed by atoms with Crippen molar-refractivity contribution in [2.45, 2.75) is 38.3 Å². The topological polar surface area (TPSA) is 60.5 Å². The van der Waals surface area contributed by atoms with Crippen LogP contribution in [0.2, 0.25) is 0 Å². The molecule has 0 aliphatic carbocycles. The lowest BCUT2D eigenvalue weighted by atomic mass is 9.95. The molecule has 2 aromatic carbocycles. The lowest BCUT2D eigenvalue weighted by Gasteiger charge is -2.17. The number of hydrogen-bond donors (Lipinski definition) is 1. The molecule has 0 spiro atoms. The number of alkyl halides is 3. The minimum atomic E-state index is -4.45. The van der Waals surface area contributed by atoms with Crippen LogP contribution in [0.5, 0.6) is 5.75 Å². The van der Waals surface area contributed by atoms with Crippen molar-refractivity contribution in [3.8, 4) is 5.75 Å². The van der Waals surface area contributed by atoms with Crippen molar-refractivity contribution in [2.75, 3.05) is 6.61 Å². The van der Waals surface area contributed by atoms with Crippen molar-refractivity contribution in [1.82, 2.24) is 10.3 Å². The summed E-state index contributed by atoms with van der Waals surface area (Å²) in [5.74, 6) is -0.195. The van der Waals surface area contributed by atoms with Gasteiger partial charge in [-0.2, -0.15) is 13.2 Å². The summed E-state index contributed by atoms with van der Waals surface area (Å²) in [4.78, 5) is 17.4. The number of halogens is 3. The predicted molar refractivity (Wildman–Crippen MR) is 107 cm³/mol. The Hall–Kier alpha value is -3.13. The second-order valence-electron chi connectivity index (χ2n) is 8.27. The van der Waals surface area contributed by atoms with E-state index in [4.69, 9.17) is 9.47 Å². The monoisotopic (exact) mass is 428 g/mol. The molecule has 2 aliphatic heterocycles. The second-order valence-corrected chi connectivity index (χ2v) is 8.27. The van der Waals surface area contributed by atoms with Crippen molar-refractivity contribution < 1.29 is 27.4 Å². The van der Waals surface area contributed by atoms with Crippen LogP contribution in [0.3, 0.4) is 0 Å². The average molecular weight is 428 g/mol. The first kappa shape index (κ1) is 19.8. The van der Waals surface area contributed by atoms with Gasteiger partial charge in [0.25, 0.3) is 5.91 Å². The van der Waals surface area contributed by atoms with E-state index in [1.54, 1.807) is 18.2 Å². The van der Waals surface area contributed by atoms with E-state index in [0.29, 0.717) is 17.7 Å². The van der Waals surface area contributed by atoms with Gasteiger partial charge in [0, 0.05) is 28.3 Å². The second kappa shape index (κ2) is 6.68. The number of benzene rings is 2. The van der Waals surface area contributed by atoms with Crippen molar-refractivity contribution in [3.05, 3.63) is 70.4 Å². The molecule has 0 fully saturated rings. The average Bonchev–Trinajstić information content (AvgIpc) is 3.27. The van der Waals surface area contributed by atoms with E-state index in [-0.39, 0.29) is 18.3 Å². The highest BCUT2D eigenvalue weighted by atomic mass is 19.4. The number of aromatic nitrogens is 1. The Kier molecular flexibility index (Phi) is 4.27. The zero-order chi connectivity index (χ0) is 22.0. The normalized spacial score (nSPS) is 19.1. The summed E-state index contributed by atoms with van der Waals surface area (Å²) in [6, 6.07) is 8.04. The summed E-state index contributed by atoms with van der Waals surface area (Å²) in [7, 11) is 0. The molecule has 3 aromatic rings. The third kappa shape index (κ3) is 3.31. The van der Waals surface area contributed by atoms with Crippen molar-refractivity contribution in [2.24, 2.45) is 0 Å². The Morgan fingerprint density at radius 2 is 2.00 bits per heavy atom. The number of carbonyl (C=O) groups is 1. The van der Waals surface area contributed by atoms with Crippen molar-refractivity contribution >= 4 is 16.8 Å². The van der Waals surface area contributed by atoms with Crippen molar-refractivity contribution in [1.29, 1.82) is 0 Å². The molecule has 5 rings (SSSR count). The molecule has 1 aromatic heterocycles. The highest BCUT2D eigenvalue weighted by molar-refractivity contribution is 5.99. The fraction of sp³-hybridized carbons (Fsp3) is 0.304. The van der Waals surface area contributed by atoms with Crippen LogP contribution in [0.4, 0.5) is 13.2 Å². The molecule has 31 heavy (non-hydrogen) atoms. The van der Waals surface area contributed by atoms with Crippen LogP contribution < -0.4 is 10.1 Å². The summed E-state index contributed by atoms with van der Waals surface area (Å²) in [6.07, 6.45) is -2.64. The van der Waals surface area contributed by atoms with E-state index >= 15 is 0 Å². The lowest BCUT2D eigenvalue weighted by Crippen LogP contribution is -2.29. The molecule has 1 atom stereocenters. The number of rotatable bonds is 2. The van der Waals surface area contributed by atoms with Gasteiger partial charge in [0.1, 0.15) is 12.4 Å². The molecule has 0 radical (unpaired) electrons. The third-order valence-corrected chi connectivity index (χ3v) is 5.89. The highest BCUT2D eigenvalue weighted by Crippen LogP contribution is 2.40. The number of amides is 1. The maximum atomic E-state index is 12.9. The van der Waals surface area contributed by atoms with Crippen LogP contribution in [0, 0.1) is 0 Å². The fourth-order valence-corrected chi connectivity index (χ4v) is 4.14. The molecule has 1 N–H and O–H groups in total. The standard InChI is InChI=1S/C23H19F3N2O3/c1-22(2)17-9-27-18-6-3-12(7-15(18)16(17)10-31-22)21(29)28-19-11-30-20-8-13(23(24,25)26)4-5-14(19)20/h3-9,19H,10-11H2,1-2H3,(H,28,29)/t19-/m1/s1. The van der Waals surface area contributed by atoms with Crippen LogP contribution in [0.15, 0.2) is 42.6 Å². The zero-order valence-corrected chi connectivity index (χ0v) is 16.8. The number of nitrogens with one attached hydrogen (secondary N) is 1. The van der Waals surface area contributed by atoms with Gasteiger partial charge in [-0.1, -0.05) is 6.07 Å². The van der Waals surface area contributed by atoms with E-state index in [2.05, 4.69) is 10.3 Å². The number of fused-ring (bicyclic) bond motifs is 4. The van der Waals surface area contributed by atoms with Crippen LogP contribution in [0.1, 0.15) is 52.5 Å². The first-order valence-corrected chi connectivity index (χ1v) is 9.84. The molecule has 0 saturated carbocycles. The molecule has 3 heterocycles. The molecule has 0 bridgehead atoms. The first-order valence-electron chi connectivity index (χ1n) is 9.84. The van der Waals surface area contributed by atoms with E-state index in [9.17, 15) is 18.0 Å². The maximum Gasteiger partial charge on any atom is 0.416 e. The number of carbonyl (C=O) groups excluding carboxylic acids is 1. The Morgan fingerprint density at radius 3 is 2.77 bits per heavy atom. The molecule has 5 nitrogen and oxygen atoms in total. The van der Waals surface area contributed by atoms with Crippen LogP contribution in [-0.4, -0.2) is 17.5 Å². The van der Waals surface area contributed by atoms with Gasteiger partial charge in [0.05, 0.1) is 29.3 Å². The Balaban J connectivity index is 1.42. The number of ether oxygens (including phenoxy) is 2. The van der Waals surface area contributed by atoms with E-state index in [0.717, 1.165) is 34.2 Å². The van der Waals surface area contributed by atoms with Gasteiger partial charge in [-0.25, -0.2) is 0 Å². The Bertz CT molecular complexity index is 1220. The largest absolute Gasteiger partial charge is 0.491 e. The molecule has 0 unspecified atom stereocenters. The van der Waals surface area contributed by atoms with Crippen molar-refractivity contribution in [3.63, 3.8) is 0 Å². The molecule has 1 amide bonds. The van der Waals surface area contributed by atoms with E-state index in [1.165, 1.54) is 6.07 Å². The van der Waals surface area contributed by atoms with Gasteiger partial charge >= 0.3 is 6.18 Å². The molecule has 0 saturated heterocycles. The smallest absolute Gasteiger partial charge is 0.416 e. The summed E-state index contributed by atoms with van der Waals surface area (Å²) >= 11 is 0. The minimum absolute atomic E-state index is 0.0783. The first-order chi connectivity index (χ1) is 14.6. The zero-order valence-electron chi connectivity index (χ0n) is 16.8. The minimum Gasteiger partial charge on any atom is -0.491 e. The Morgan fingerprint density at radius 1 is 1.19 bits per heavy atom.